The number of aliphatic hydroxyl groups excluding tert-OH is 1. The Morgan fingerprint density at radius 1 is 1.16 bits per heavy atom. The molecule has 0 aliphatic heterocycles. The number of fused-ring (bicyclic) bond motifs is 3. The Morgan fingerprint density at radius 3 is 2.64 bits per heavy atom. The monoisotopic (exact) mass is 630 g/mol. The van der Waals surface area contributed by atoms with Gasteiger partial charge in [-0.15, -0.1) is 0 Å². The van der Waals surface area contributed by atoms with Gasteiger partial charge in [0, 0.05) is 28.2 Å². The van der Waals surface area contributed by atoms with Crippen molar-refractivity contribution >= 4 is 23.3 Å². The summed E-state index contributed by atoms with van der Waals surface area (Å²) in [6.45, 7) is 9.18. The Labute approximate surface area is 272 Å². The average molecular weight is 631 g/mol. The van der Waals surface area contributed by atoms with Gasteiger partial charge >= 0.3 is 5.97 Å². The first-order chi connectivity index (χ1) is 21.5. The van der Waals surface area contributed by atoms with Crippen LogP contribution in [0.3, 0.4) is 0 Å². The van der Waals surface area contributed by atoms with Crippen molar-refractivity contribution in [1.29, 1.82) is 0 Å². The van der Waals surface area contributed by atoms with Crippen molar-refractivity contribution in [1.82, 2.24) is 4.98 Å². The number of nitrogens with one attached hydrogen (secondary N) is 1. The number of hydrogen-bond acceptors (Lipinski definition) is 5. The van der Waals surface area contributed by atoms with Gasteiger partial charge in [0.2, 0.25) is 0 Å². The van der Waals surface area contributed by atoms with Gasteiger partial charge in [-0.3, -0.25) is 4.98 Å². The number of aromatic nitrogens is 1. The molecule has 0 saturated heterocycles. The lowest BCUT2D eigenvalue weighted by Gasteiger charge is -2.47. The smallest absolute Gasteiger partial charge is 0.329 e. The molecule has 6 nitrogen and oxygen atoms in total. The Morgan fingerprint density at radius 2 is 1.93 bits per heavy atom. The second kappa shape index (κ2) is 12.6. The highest BCUT2D eigenvalue weighted by Crippen LogP contribution is 2.57. The van der Waals surface area contributed by atoms with Gasteiger partial charge in [0.15, 0.2) is 0 Å². The highest BCUT2D eigenvalue weighted by molar-refractivity contribution is 6.30. The van der Waals surface area contributed by atoms with Gasteiger partial charge in [0.1, 0.15) is 11.3 Å². The molecule has 7 heteroatoms. The van der Waals surface area contributed by atoms with E-state index in [-0.39, 0.29) is 5.41 Å². The highest BCUT2D eigenvalue weighted by atomic mass is 35.5. The molecule has 0 radical (unpaired) electrons. The van der Waals surface area contributed by atoms with Crippen molar-refractivity contribution < 1.29 is 19.7 Å². The van der Waals surface area contributed by atoms with Crippen molar-refractivity contribution in [3.05, 3.63) is 87.2 Å². The van der Waals surface area contributed by atoms with Crippen LogP contribution in [-0.2, 0) is 23.1 Å². The number of carboxylic acid groups (broad SMARTS) is 1. The summed E-state index contributed by atoms with van der Waals surface area (Å²) < 4.78 is 6.54. The highest BCUT2D eigenvalue weighted by Gasteiger charge is 2.54. The van der Waals surface area contributed by atoms with E-state index in [1.54, 1.807) is 12.1 Å². The molecule has 0 amide bonds. The summed E-state index contributed by atoms with van der Waals surface area (Å²) in [5, 5.41) is 25.1. The van der Waals surface area contributed by atoms with Crippen molar-refractivity contribution in [3.63, 3.8) is 0 Å². The quantitative estimate of drug-likeness (QED) is 0.219. The third-order valence-corrected chi connectivity index (χ3v) is 11.4. The number of aryl methyl sites for hydroxylation is 2. The number of halogens is 1. The molecule has 1 heterocycles. The van der Waals surface area contributed by atoms with Crippen LogP contribution >= 0.6 is 11.6 Å². The van der Waals surface area contributed by atoms with E-state index in [1.807, 2.05) is 31.3 Å². The molecule has 6 rings (SSSR count). The molecule has 45 heavy (non-hydrogen) atoms. The van der Waals surface area contributed by atoms with E-state index in [0.717, 1.165) is 49.1 Å². The Bertz CT molecular complexity index is 1560. The minimum absolute atomic E-state index is 0.154. The molecule has 3 aliphatic carbocycles. The summed E-state index contributed by atoms with van der Waals surface area (Å²) >= 11 is 6.25. The second-order valence-corrected chi connectivity index (χ2v) is 14.7. The molecule has 1 aromatic heterocycles. The molecule has 0 bridgehead atoms. The first kappa shape index (κ1) is 31.9. The van der Waals surface area contributed by atoms with Crippen LogP contribution in [0.1, 0.15) is 111 Å². The third-order valence-electron chi connectivity index (χ3n) is 11.1. The molecule has 1 saturated carbocycles. The van der Waals surface area contributed by atoms with Crippen LogP contribution in [0.25, 0.3) is 0 Å². The van der Waals surface area contributed by atoms with E-state index < -0.39 is 17.6 Å². The summed E-state index contributed by atoms with van der Waals surface area (Å²) in [6, 6.07) is 13.7. The molecular weight excluding hydrogens is 584 g/mol. The number of benzene rings is 2. The number of nitrogens with zero attached hydrogens (tertiary/aromatic N) is 1. The van der Waals surface area contributed by atoms with Gasteiger partial charge in [-0.25, -0.2) is 4.79 Å². The van der Waals surface area contributed by atoms with Crippen molar-refractivity contribution in [2.45, 2.75) is 108 Å². The topological polar surface area (TPSA) is 91.7 Å². The Balaban J connectivity index is 1.26. The first-order valence-electron chi connectivity index (χ1n) is 16.7. The van der Waals surface area contributed by atoms with Crippen LogP contribution in [0.15, 0.2) is 48.7 Å². The minimum Gasteiger partial charge on any atom is -0.493 e. The maximum Gasteiger partial charge on any atom is 0.329 e. The van der Waals surface area contributed by atoms with Gasteiger partial charge in [0.05, 0.1) is 12.7 Å². The van der Waals surface area contributed by atoms with Crippen LogP contribution < -0.4 is 10.1 Å². The van der Waals surface area contributed by atoms with Gasteiger partial charge in [-0.1, -0.05) is 43.6 Å². The molecular formula is C38H47ClN2O4. The predicted octanol–water partition coefficient (Wildman–Crippen LogP) is 8.56. The zero-order chi connectivity index (χ0) is 31.9. The summed E-state index contributed by atoms with van der Waals surface area (Å²) in [6.07, 6.45) is 9.19. The van der Waals surface area contributed by atoms with Gasteiger partial charge < -0.3 is 20.3 Å². The second-order valence-electron chi connectivity index (χ2n) is 14.2. The molecule has 3 N–H and O–H groups in total. The maximum atomic E-state index is 12.9. The number of rotatable bonds is 9. The van der Waals surface area contributed by atoms with E-state index in [9.17, 15) is 15.0 Å². The Kier molecular flexibility index (Phi) is 8.93. The largest absolute Gasteiger partial charge is 0.493 e. The molecule has 4 atom stereocenters. The average Bonchev–Trinajstić information content (AvgIpc) is 3.30. The van der Waals surface area contributed by atoms with Crippen molar-refractivity contribution in [3.8, 4) is 5.75 Å². The zero-order valence-electron chi connectivity index (χ0n) is 27.0. The summed E-state index contributed by atoms with van der Waals surface area (Å²) in [5.41, 5.74) is 6.83. The molecule has 240 valence electrons. The number of ether oxygens (including phenoxy) is 1. The predicted molar refractivity (Wildman–Crippen MR) is 179 cm³/mol. The van der Waals surface area contributed by atoms with Crippen molar-refractivity contribution in [2.24, 2.45) is 11.8 Å². The number of aliphatic hydroxyl groups is 1. The molecule has 3 aliphatic rings. The number of hydrogen-bond donors (Lipinski definition) is 3. The van der Waals surface area contributed by atoms with Crippen LogP contribution in [0.5, 0.6) is 5.75 Å². The normalized spacial score (nSPS) is 27.0. The number of pyridine rings is 1. The standard InChI is InChI=1S/C38H47ClN2O4/c1-23(22-45-34-11-16-40-33-10-5-7-24(2)35(33)34)17-28-20-31-25(3)18-27(26(4)42)19-32(31)37(28)12-14-38(15-13-37,36(43)44)41-30-9-6-8-29(39)21-30/h6,8-9,11,16,18-19,21,23-24,26,28,41-42H,5,7,10,12-15,17,20,22H2,1-4H3,(H,43,44)/t23-,24-,26?,28?,37?,38?/m1/s1. The summed E-state index contributed by atoms with van der Waals surface area (Å²) in [5.74, 6) is 1.30. The molecule has 1 fully saturated rings. The molecule has 1 spiro atoms. The van der Waals surface area contributed by atoms with Crippen LogP contribution in [-0.4, -0.2) is 33.3 Å². The summed E-state index contributed by atoms with van der Waals surface area (Å²) in [7, 11) is 0. The third kappa shape index (κ3) is 6.08. The van der Waals surface area contributed by atoms with Crippen LogP contribution in [0, 0.1) is 18.8 Å². The molecule has 2 unspecified atom stereocenters. The van der Waals surface area contributed by atoms with E-state index in [2.05, 4.69) is 43.2 Å². The lowest BCUT2D eigenvalue weighted by atomic mass is 9.59. The SMILES string of the molecule is Cc1cc(C(C)O)cc2c1CC(C[C@@H](C)COc1ccnc3c1[C@H](C)CCC3)C21CCC(Nc2cccc(Cl)c2)(C(=O)O)CC1. The number of carboxylic acids is 1. The van der Waals surface area contributed by atoms with Crippen LogP contribution in [0.4, 0.5) is 5.69 Å². The number of anilines is 1. The first-order valence-corrected chi connectivity index (χ1v) is 17.1. The van der Waals surface area contributed by atoms with E-state index >= 15 is 0 Å². The van der Waals surface area contributed by atoms with Crippen molar-refractivity contribution in [2.75, 3.05) is 11.9 Å². The fraction of sp³-hybridized carbons (Fsp3) is 0.526. The fourth-order valence-electron chi connectivity index (χ4n) is 8.66. The van der Waals surface area contributed by atoms with Gasteiger partial charge in [-0.05, 0) is 141 Å². The zero-order valence-corrected chi connectivity index (χ0v) is 27.8. The summed E-state index contributed by atoms with van der Waals surface area (Å²) in [4.78, 5) is 17.5. The minimum atomic E-state index is -1.06. The van der Waals surface area contributed by atoms with E-state index in [4.69, 9.17) is 16.3 Å². The fourth-order valence-corrected chi connectivity index (χ4v) is 8.85. The van der Waals surface area contributed by atoms with Gasteiger partial charge in [-0.2, -0.15) is 0 Å². The maximum absolute atomic E-state index is 12.9. The number of carbonyl (C=O) groups is 1. The Hall–Kier alpha value is -3.09. The van der Waals surface area contributed by atoms with Gasteiger partial charge in [0.25, 0.3) is 0 Å². The molecule has 2 aromatic carbocycles. The van der Waals surface area contributed by atoms with E-state index in [0.29, 0.717) is 42.2 Å². The number of aliphatic carboxylic acids is 1. The van der Waals surface area contributed by atoms with E-state index in [1.165, 1.54) is 40.8 Å². The lowest BCUT2D eigenvalue weighted by Crippen LogP contribution is -2.53. The lowest BCUT2D eigenvalue weighted by molar-refractivity contribution is -0.144. The molecule has 3 aromatic rings. The van der Waals surface area contributed by atoms with Crippen LogP contribution in [0.2, 0.25) is 5.02 Å².